The van der Waals surface area contributed by atoms with Crippen LogP contribution in [0.25, 0.3) is 0 Å². The molecule has 0 saturated carbocycles. The lowest BCUT2D eigenvalue weighted by Gasteiger charge is -2.18. The molecule has 3 rings (SSSR count). The highest BCUT2D eigenvalue weighted by atomic mass is 127. The first-order valence-electron chi connectivity index (χ1n) is 6.49. The van der Waals surface area contributed by atoms with Gasteiger partial charge in [-0.1, -0.05) is 6.07 Å². The first-order chi connectivity index (χ1) is 10.1. The summed E-state index contributed by atoms with van der Waals surface area (Å²) in [6.07, 6.45) is 0.490. The number of benzene rings is 2. The monoisotopic (exact) mass is 457 g/mol. The Kier molecular flexibility index (Phi) is 4.21. The van der Waals surface area contributed by atoms with E-state index in [0.29, 0.717) is 13.0 Å². The summed E-state index contributed by atoms with van der Waals surface area (Å²) in [5.41, 5.74) is 3.20. The van der Waals surface area contributed by atoms with Crippen LogP contribution in [0.3, 0.4) is 0 Å². The Morgan fingerprint density at radius 2 is 2.10 bits per heavy atom. The Morgan fingerprint density at radius 3 is 2.81 bits per heavy atom. The highest BCUT2D eigenvalue weighted by molar-refractivity contribution is 14.1. The lowest BCUT2D eigenvalue weighted by Crippen LogP contribution is -2.25. The van der Waals surface area contributed by atoms with Gasteiger partial charge in [0.05, 0.1) is 24.5 Å². The van der Waals surface area contributed by atoms with Crippen molar-refractivity contribution in [1.29, 1.82) is 0 Å². The van der Waals surface area contributed by atoms with Gasteiger partial charge in [-0.15, -0.1) is 0 Å². The van der Waals surface area contributed by atoms with Crippen molar-refractivity contribution in [3.63, 3.8) is 0 Å². The van der Waals surface area contributed by atoms with E-state index in [1.807, 2.05) is 35.2 Å². The van der Waals surface area contributed by atoms with Gasteiger partial charge < -0.3 is 9.64 Å². The van der Waals surface area contributed by atoms with Crippen LogP contribution in [-0.4, -0.2) is 13.0 Å². The van der Waals surface area contributed by atoms with E-state index in [-0.39, 0.29) is 5.91 Å². The molecule has 5 heteroatoms. The smallest absolute Gasteiger partial charge is 0.231 e. The fraction of sp³-hybridized carbons (Fsp3) is 0.188. The topological polar surface area (TPSA) is 29.5 Å². The van der Waals surface area contributed by atoms with E-state index in [0.717, 1.165) is 30.6 Å². The zero-order chi connectivity index (χ0) is 15.0. The molecule has 0 fully saturated rings. The molecule has 2 aromatic rings. The molecule has 0 unspecified atom stereocenters. The zero-order valence-electron chi connectivity index (χ0n) is 11.4. The van der Waals surface area contributed by atoms with Crippen molar-refractivity contribution in [2.24, 2.45) is 0 Å². The van der Waals surface area contributed by atoms with Crippen molar-refractivity contribution in [3.05, 3.63) is 55.6 Å². The number of carbonyl (C=O) groups is 1. The number of ether oxygens (including phenoxy) is 1. The van der Waals surface area contributed by atoms with E-state index < -0.39 is 0 Å². The van der Waals surface area contributed by atoms with Gasteiger partial charge in [0.2, 0.25) is 5.91 Å². The second kappa shape index (κ2) is 5.96. The van der Waals surface area contributed by atoms with Crippen LogP contribution in [0.1, 0.15) is 11.1 Å². The molecule has 0 saturated heterocycles. The van der Waals surface area contributed by atoms with Crippen molar-refractivity contribution < 1.29 is 9.53 Å². The summed E-state index contributed by atoms with van der Waals surface area (Å²) in [5, 5.41) is 0. The second-order valence-electron chi connectivity index (χ2n) is 4.90. The Hall–Kier alpha value is -1.08. The predicted octanol–water partition coefficient (Wildman–Crippen LogP) is 4.15. The van der Waals surface area contributed by atoms with Crippen molar-refractivity contribution in [2.75, 3.05) is 12.0 Å². The van der Waals surface area contributed by atoms with Crippen LogP contribution < -0.4 is 9.64 Å². The summed E-state index contributed by atoms with van der Waals surface area (Å²) in [7, 11) is 1.64. The van der Waals surface area contributed by atoms with Crippen molar-refractivity contribution in [2.45, 2.75) is 13.0 Å². The summed E-state index contributed by atoms with van der Waals surface area (Å²) < 4.78 is 7.29. The maximum absolute atomic E-state index is 12.2. The molecule has 3 nitrogen and oxygen atoms in total. The normalized spacial score (nSPS) is 13.5. The number of halogens is 2. The molecule has 21 heavy (non-hydrogen) atoms. The van der Waals surface area contributed by atoms with E-state index in [4.69, 9.17) is 4.74 Å². The molecule has 0 atom stereocenters. The third-order valence-electron chi connectivity index (χ3n) is 3.53. The van der Waals surface area contributed by atoms with Gasteiger partial charge in [0, 0.05) is 9.26 Å². The quantitative estimate of drug-likeness (QED) is 0.648. The molecular formula is C16H13BrINO2. The van der Waals surface area contributed by atoms with Crippen molar-refractivity contribution >= 4 is 50.1 Å². The molecule has 0 aliphatic carbocycles. The zero-order valence-corrected chi connectivity index (χ0v) is 15.1. The van der Waals surface area contributed by atoms with Crippen LogP contribution in [0.4, 0.5) is 5.69 Å². The van der Waals surface area contributed by atoms with E-state index in [2.05, 4.69) is 44.6 Å². The molecule has 0 radical (unpaired) electrons. The lowest BCUT2D eigenvalue weighted by molar-refractivity contribution is -0.117. The van der Waals surface area contributed by atoms with Gasteiger partial charge in [-0.05, 0) is 80.0 Å². The van der Waals surface area contributed by atoms with Crippen molar-refractivity contribution in [3.8, 4) is 5.75 Å². The van der Waals surface area contributed by atoms with Gasteiger partial charge in [0.1, 0.15) is 5.75 Å². The molecule has 1 aliphatic rings. The maximum atomic E-state index is 12.2. The Bertz CT molecular complexity index is 717. The first-order valence-corrected chi connectivity index (χ1v) is 8.37. The van der Waals surface area contributed by atoms with Crippen LogP contribution in [0.5, 0.6) is 5.75 Å². The molecule has 1 heterocycles. The van der Waals surface area contributed by atoms with Crippen molar-refractivity contribution in [1.82, 2.24) is 0 Å². The number of hydrogen-bond acceptors (Lipinski definition) is 2. The highest BCUT2D eigenvalue weighted by Gasteiger charge is 2.27. The van der Waals surface area contributed by atoms with E-state index in [9.17, 15) is 4.79 Å². The summed E-state index contributed by atoms with van der Waals surface area (Å²) >= 11 is 5.76. The number of fused-ring (bicyclic) bond motifs is 1. The summed E-state index contributed by atoms with van der Waals surface area (Å²) in [5.74, 6) is 0.945. The molecule has 0 aromatic heterocycles. The van der Waals surface area contributed by atoms with Crippen LogP contribution in [0.2, 0.25) is 0 Å². The number of anilines is 1. The number of carbonyl (C=O) groups excluding carboxylic acids is 1. The van der Waals surface area contributed by atoms with Gasteiger partial charge >= 0.3 is 0 Å². The minimum absolute atomic E-state index is 0.152. The second-order valence-corrected chi connectivity index (χ2v) is 7.00. The van der Waals surface area contributed by atoms with Gasteiger partial charge in [0.25, 0.3) is 0 Å². The molecule has 0 N–H and O–H groups in total. The fourth-order valence-corrected chi connectivity index (χ4v) is 3.66. The van der Waals surface area contributed by atoms with Gasteiger partial charge in [0.15, 0.2) is 0 Å². The third-order valence-corrected chi connectivity index (χ3v) is 4.82. The Balaban J connectivity index is 1.89. The maximum Gasteiger partial charge on any atom is 0.231 e. The van der Waals surface area contributed by atoms with Gasteiger partial charge in [-0.3, -0.25) is 4.79 Å². The summed E-state index contributed by atoms with van der Waals surface area (Å²) in [4.78, 5) is 14.1. The van der Waals surface area contributed by atoms with Crippen LogP contribution in [-0.2, 0) is 17.8 Å². The average Bonchev–Trinajstić information content (AvgIpc) is 2.74. The molecular weight excluding hydrogens is 445 g/mol. The molecule has 1 aliphatic heterocycles. The van der Waals surface area contributed by atoms with Crippen LogP contribution >= 0.6 is 38.5 Å². The van der Waals surface area contributed by atoms with Crippen LogP contribution in [0.15, 0.2) is 40.9 Å². The number of nitrogens with zero attached hydrogens (tertiary/aromatic N) is 1. The average molecular weight is 458 g/mol. The lowest BCUT2D eigenvalue weighted by atomic mass is 10.1. The fourth-order valence-electron chi connectivity index (χ4n) is 2.52. The first kappa shape index (κ1) is 14.8. The van der Waals surface area contributed by atoms with Gasteiger partial charge in [-0.2, -0.15) is 0 Å². The number of methoxy groups -OCH3 is 1. The largest absolute Gasteiger partial charge is 0.496 e. The number of hydrogen-bond donors (Lipinski definition) is 0. The standard InChI is InChI=1S/C16H13BrINO2/c1-21-15-5-2-10(6-13(15)17)9-19-14-4-3-12(18)7-11(14)8-16(19)20/h2-7H,8-9H2,1H3. The molecule has 0 bridgehead atoms. The number of rotatable bonds is 3. The van der Waals surface area contributed by atoms with E-state index >= 15 is 0 Å². The minimum Gasteiger partial charge on any atom is -0.496 e. The molecule has 108 valence electrons. The third kappa shape index (κ3) is 2.94. The number of amides is 1. The molecule has 1 amide bonds. The highest BCUT2D eigenvalue weighted by Crippen LogP contribution is 2.32. The Labute approximate surface area is 145 Å². The minimum atomic E-state index is 0.152. The summed E-state index contributed by atoms with van der Waals surface area (Å²) in [6, 6.07) is 12.0. The van der Waals surface area contributed by atoms with Crippen LogP contribution in [0, 0.1) is 3.57 Å². The SMILES string of the molecule is COc1ccc(CN2C(=O)Cc3cc(I)ccc32)cc1Br. The predicted molar refractivity (Wildman–Crippen MR) is 94.7 cm³/mol. The molecule has 0 spiro atoms. The Morgan fingerprint density at radius 1 is 1.29 bits per heavy atom. The van der Waals surface area contributed by atoms with E-state index in [1.54, 1.807) is 7.11 Å². The summed E-state index contributed by atoms with van der Waals surface area (Å²) in [6.45, 7) is 0.578. The molecule has 2 aromatic carbocycles. The van der Waals surface area contributed by atoms with E-state index in [1.165, 1.54) is 0 Å². The van der Waals surface area contributed by atoms with Gasteiger partial charge in [-0.25, -0.2) is 0 Å².